The number of hydrogen-bond donors (Lipinski definition) is 2. The summed E-state index contributed by atoms with van der Waals surface area (Å²) in [6.07, 6.45) is 7.01. The van der Waals surface area contributed by atoms with Gasteiger partial charge in [0.1, 0.15) is 0 Å². The summed E-state index contributed by atoms with van der Waals surface area (Å²) in [5.41, 5.74) is 9.69. The summed E-state index contributed by atoms with van der Waals surface area (Å²) in [6.45, 7) is 9.80. The molecule has 0 bridgehead atoms. The van der Waals surface area contributed by atoms with Gasteiger partial charge in [0.05, 0.1) is 0 Å². The van der Waals surface area contributed by atoms with E-state index in [4.69, 9.17) is 11.5 Å². The Bertz CT molecular complexity index is 41.4. The second-order valence-corrected chi connectivity index (χ2v) is 2.88. The van der Waals surface area contributed by atoms with Crippen LogP contribution >= 0.6 is 0 Å². The third kappa shape index (κ3) is 76.3. The SMILES string of the molecule is CCCCCCC.CCN.CCN. The van der Waals surface area contributed by atoms with Gasteiger partial charge in [-0.25, -0.2) is 0 Å². The quantitative estimate of drug-likeness (QED) is 0.670. The molecule has 0 aliphatic rings. The molecule has 0 rings (SSSR count). The lowest BCUT2D eigenvalue weighted by Crippen LogP contribution is -1.87. The van der Waals surface area contributed by atoms with Gasteiger partial charge in [0.2, 0.25) is 0 Å². The van der Waals surface area contributed by atoms with Crippen LogP contribution in [0.5, 0.6) is 0 Å². The lowest BCUT2D eigenvalue weighted by molar-refractivity contribution is 0.656. The summed E-state index contributed by atoms with van der Waals surface area (Å²) in [4.78, 5) is 0. The number of nitrogens with two attached hydrogens (primary N) is 2. The molecule has 0 unspecified atom stereocenters. The molecular formula is C11H30N2. The molecule has 0 heterocycles. The molecule has 0 amide bonds. The van der Waals surface area contributed by atoms with Crippen molar-refractivity contribution in [3.05, 3.63) is 0 Å². The summed E-state index contributed by atoms with van der Waals surface area (Å²) in [7, 11) is 0. The maximum absolute atomic E-state index is 4.85. The van der Waals surface area contributed by atoms with E-state index in [2.05, 4.69) is 13.8 Å². The number of hydrogen-bond acceptors (Lipinski definition) is 2. The van der Waals surface area contributed by atoms with Crippen LogP contribution in [0.4, 0.5) is 0 Å². The largest absolute Gasteiger partial charge is 0.331 e. The summed E-state index contributed by atoms with van der Waals surface area (Å²) in [6, 6.07) is 0. The molecule has 0 aliphatic heterocycles. The van der Waals surface area contributed by atoms with Crippen LogP contribution in [0.15, 0.2) is 0 Å². The highest BCUT2D eigenvalue weighted by molar-refractivity contribution is 4.35. The zero-order valence-electron chi connectivity index (χ0n) is 10.1. The Balaban J connectivity index is -0.000000140. The fourth-order valence-corrected chi connectivity index (χ4v) is 0.677. The Morgan fingerprint density at radius 3 is 1.00 bits per heavy atom. The van der Waals surface area contributed by atoms with E-state index in [1.807, 2.05) is 13.8 Å². The molecule has 0 atom stereocenters. The van der Waals surface area contributed by atoms with Gasteiger partial charge in [-0.2, -0.15) is 0 Å². The van der Waals surface area contributed by atoms with Gasteiger partial charge in [-0.3, -0.25) is 0 Å². The Morgan fingerprint density at radius 1 is 0.615 bits per heavy atom. The van der Waals surface area contributed by atoms with E-state index >= 15 is 0 Å². The number of rotatable bonds is 4. The van der Waals surface area contributed by atoms with E-state index in [1.54, 1.807) is 0 Å². The van der Waals surface area contributed by atoms with Crippen LogP contribution in [-0.2, 0) is 0 Å². The van der Waals surface area contributed by atoms with Gasteiger partial charge in [0, 0.05) is 0 Å². The fourth-order valence-electron chi connectivity index (χ4n) is 0.677. The Morgan fingerprint density at radius 2 is 0.846 bits per heavy atom. The predicted molar refractivity (Wildman–Crippen MR) is 63.9 cm³/mol. The minimum atomic E-state index is 0.750. The molecule has 0 aromatic carbocycles. The standard InChI is InChI=1S/C7H16.2C2H7N/c1-3-5-7-6-4-2;2*1-2-3/h3-7H2,1-2H3;2*2-3H2,1H3. The Labute approximate surface area is 85.1 Å². The average molecular weight is 190 g/mol. The van der Waals surface area contributed by atoms with Gasteiger partial charge in [0.15, 0.2) is 0 Å². The average Bonchev–Trinajstić information content (AvgIpc) is 2.08. The van der Waals surface area contributed by atoms with Crippen molar-refractivity contribution < 1.29 is 0 Å². The lowest BCUT2D eigenvalue weighted by Gasteiger charge is -1.90. The maximum Gasteiger partial charge on any atom is -0.0106 e. The number of unbranched alkanes of at least 4 members (excludes halogenated alkanes) is 4. The van der Waals surface area contributed by atoms with Gasteiger partial charge in [-0.05, 0) is 13.1 Å². The first-order valence-electron chi connectivity index (χ1n) is 5.64. The molecule has 0 saturated carbocycles. The molecular weight excluding hydrogens is 160 g/mol. The normalized spacial score (nSPS) is 7.85. The van der Waals surface area contributed by atoms with E-state index in [-0.39, 0.29) is 0 Å². The van der Waals surface area contributed by atoms with Gasteiger partial charge >= 0.3 is 0 Å². The first-order valence-corrected chi connectivity index (χ1v) is 5.64. The summed E-state index contributed by atoms with van der Waals surface area (Å²) in [5, 5.41) is 0. The highest BCUT2D eigenvalue weighted by Gasteiger charge is 1.80. The van der Waals surface area contributed by atoms with Crippen molar-refractivity contribution in [2.24, 2.45) is 11.5 Å². The second kappa shape index (κ2) is 29.7. The monoisotopic (exact) mass is 190 g/mol. The molecule has 0 saturated heterocycles. The topological polar surface area (TPSA) is 52.0 Å². The van der Waals surface area contributed by atoms with Gasteiger partial charge in [-0.15, -0.1) is 0 Å². The van der Waals surface area contributed by atoms with Gasteiger partial charge in [-0.1, -0.05) is 59.8 Å². The van der Waals surface area contributed by atoms with Crippen LogP contribution in [0.3, 0.4) is 0 Å². The van der Waals surface area contributed by atoms with E-state index < -0.39 is 0 Å². The van der Waals surface area contributed by atoms with Gasteiger partial charge in [0.25, 0.3) is 0 Å². The summed E-state index contributed by atoms with van der Waals surface area (Å²) < 4.78 is 0. The van der Waals surface area contributed by atoms with Crippen LogP contribution in [0, 0.1) is 0 Å². The molecule has 0 aliphatic carbocycles. The van der Waals surface area contributed by atoms with Gasteiger partial charge < -0.3 is 11.5 Å². The zero-order chi connectivity index (χ0) is 10.9. The van der Waals surface area contributed by atoms with Crippen molar-refractivity contribution in [1.82, 2.24) is 0 Å². The lowest BCUT2D eigenvalue weighted by atomic mass is 10.2. The van der Waals surface area contributed by atoms with Crippen LogP contribution in [0.1, 0.15) is 59.8 Å². The van der Waals surface area contributed by atoms with E-state index in [0.717, 1.165) is 13.1 Å². The molecule has 2 nitrogen and oxygen atoms in total. The van der Waals surface area contributed by atoms with Crippen LogP contribution in [0.2, 0.25) is 0 Å². The van der Waals surface area contributed by atoms with Crippen molar-refractivity contribution in [1.29, 1.82) is 0 Å². The first-order chi connectivity index (χ1) is 6.24. The molecule has 0 fully saturated rings. The Hall–Kier alpha value is -0.0800. The van der Waals surface area contributed by atoms with Crippen molar-refractivity contribution in [3.63, 3.8) is 0 Å². The van der Waals surface area contributed by atoms with Crippen molar-refractivity contribution in [3.8, 4) is 0 Å². The smallest absolute Gasteiger partial charge is 0.0106 e. The molecule has 13 heavy (non-hydrogen) atoms. The third-order valence-electron chi connectivity index (χ3n) is 1.21. The highest BCUT2D eigenvalue weighted by Crippen LogP contribution is 2.00. The minimum absolute atomic E-state index is 0.750. The summed E-state index contributed by atoms with van der Waals surface area (Å²) in [5.74, 6) is 0. The van der Waals surface area contributed by atoms with Crippen molar-refractivity contribution in [2.45, 2.75) is 59.8 Å². The Kier molecular flexibility index (Phi) is 42.6. The van der Waals surface area contributed by atoms with Crippen LogP contribution < -0.4 is 11.5 Å². The van der Waals surface area contributed by atoms with E-state index in [0.29, 0.717) is 0 Å². The third-order valence-corrected chi connectivity index (χ3v) is 1.21. The molecule has 4 N–H and O–H groups in total. The minimum Gasteiger partial charge on any atom is -0.331 e. The molecule has 0 aromatic rings. The van der Waals surface area contributed by atoms with E-state index in [1.165, 1.54) is 32.1 Å². The van der Waals surface area contributed by atoms with Crippen LogP contribution in [-0.4, -0.2) is 13.1 Å². The predicted octanol–water partition coefficient (Wildman–Crippen LogP) is 2.91. The molecule has 0 spiro atoms. The fraction of sp³-hybridized carbons (Fsp3) is 1.00. The maximum atomic E-state index is 4.85. The second-order valence-electron chi connectivity index (χ2n) is 2.88. The summed E-state index contributed by atoms with van der Waals surface area (Å²) >= 11 is 0. The first kappa shape index (κ1) is 18.7. The van der Waals surface area contributed by atoms with Crippen molar-refractivity contribution >= 4 is 0 Å². The molecule has 2 heteroatoms. The van der Waals surface area contributed by atoms with Crippen molar-refractivity contribution in [2.75, 3.05) is 13.1 Å². The highest BCUT2D eigenvalue weighted by atomic mass is 14.5. The zero-order valence-corrected chi connectivity index (χ0v) is 10.1. The molecule has 84 valence electrons. The molecule has 0 aromatic heterocycles. The van der Waals surface area contributed by atoms with E-state index in [9.17, 15) is 0 Å². The van der Waals surface area contributed by atoms with Crippen LogP contribution in [0.25, 0.3) is 0 Å². The molecule has 0 radical (unpaired) electrons.